The van der Waals surface area contributed by atoms with Crippen LogP contribution in [0.1, 0.15) is 44.5 Å². The molecule has 2 aliphatic rings. The molecule has 15 heavy (non-hydrogen) atoms. The van der Waals surface area contributed by atoms with E-state index >= 15 is 0 Å². The summed E-state index contributed by atoms with van der Waals surface area (Å²) in [6, 6.07) is 1.18. The average molecular weight is 207 g/mol. The Morgan fingerprint density at radius 2 is 2.20 bits per heavy atom. The summed E-state index contributed by atoms with van der Waals surface area (Å²) in [4.78, 5) is 0. The maximum absolute atomic E-state index is 4.09. The first-order valence-corrected chi connectivity index (χ1v) is 5.84. The first-order chi connectivity index (χ1) is 7.34. The summed E-state index contributed by atoms with van der Waals surface area (Å²) in [6.45, 7) is 3.03. The second-order valence-corrected chi connectivity index (χ2v) is 4.77. The normalized spacial score (nSPS) is 23.0. The van der Waals surface area contributed by atoms with Crippen molar-refractivity contribution in [2.24, 2.45) is 5.92 Å². The van der Waals surface area contributed by atoms with Crippen molar-refractivity contribution in [2.75, 3.05) is 0 Å². The number of rotatable bonds is 5. The van der Waals surface area contributed by atoms with E-state index in [4.69, 9.17) is 0 Å². The fourth-order valence-corrected chi connectivity index (χ4v) is 1.95. The van der Waals surface area contributed by atoms with Gasteiger partial charge in [0.2, 0.25) is 0 Å². The molecule has 2 aliphatic carbocycles. The minimum absolute atomic E-state index is 0.469. The van der Waals surface area contributed by atoms with Crippen LogP contribution in [0.3, 0.4) is 0 Å². The Hall–Kier alpha value is -0.970. The van der Waals surface area contributed by atoms with Crippen molar-refractivity contribution in [3.8, 4) is 0 Å². The standard InChI is InChI=1S/C10H17N5/c1-7(8-2-3-8)15-10(12-13-14-15)6-11-9-4-5-9/h7-9,11H,2-6H2,1H3. The lowest BCUT2D eigenvalue weighted by molar-refractivity contribution is 0.409. The van der Waals surface area contributed by atoms with Gasteiger partial charge in [0.1, 0.15) is 0 Å². The highest BCUT2D eigenvalue weighted by Crippen LogP contribution is 2.39. The number of tetrazole rings is 1. The Balaban J connectivity index is 1.66. The second-order valence-electron chi connectivity index (χ2n) is 4.77. The number of aromatic nitrogens is 4. The zero-order chi connectivity index (χ0) is 10.3. The van der Waals surface area contributed by atoms with Crippen molar-refractivity contribution in [1.29, 1.82) is 0 Å². The van der Waals surface area contributed by atoms with Crippen LogP contribution < -0.4 is 5.32 Å². The predicted molar refractivity (Wildman–Crippen MR) is 55.1 cm³/mol. The lowest BCUT2D eigenvalue weighted by atomic mass is 10.2. The molecule has 2 saturated carbocycles. The monoisotopic (exact) mass is 207 g/mol. The summed E-state index contributed by atoms with van der Waals surface area (Å²) in [7, 11) is 0. The van der Waals surface area contributed by atoms with E-state index in [1.807, 2.05) is 4.68 Å². The van der Waals surface area contributed by atoms with Crippen LogP contribution in [0.5, 0.6) is 0 Å². The van der Waals surface area contributed by atoms with Gasteiger partial charge in [0, 0.05) is 6.04 Å². The van der Waals surface area contributed by atoms with E-state index in [1.165, 1.54) is 25.7 Å². The second kappa shape index (κ2) is 3.56. The topological polar surface area (TPSA) is 55.6 Å². The fraction of sp³-hybridized carbons (Fsp3) is 0.900. The third-order valence-electron chi connectivity index (χ3n) is 3.38. The highest BCUT2D eigenvalue weighted by atomic mass is 15.6. The maximum Gasteiger partial charge on any atom is 0.165 e. The Morgan fingerprint density at radius 3 is 2.87 bits per heavy atom. The van der Waals surface area contributed by atoms with Crippen LogP contribution >= 0.6 is 0 Å². The summed E-state index contributed by atoms with van der Waals surface area (Å²) in [6.07, 6.45) is 5.27. The van der Waals surface area contributed by atoms with E-state index in [2.05, 4.69) is 27.8 Å². The van der Waals surface area contributed by atoms with E-state index < -0.39 is 0 Å². The third kappa shape index (κ3) is 2.02. The summed E-state index contributed by atoms with van der Waals surface area (Å²) >= 11 is 0. The van der Waals surface area contributed by atoms with Crippen LogP contribution in [0.15, 0.2) is 0 Å². The molecular weight excluding hydrogens is 190 g/mol. The molecule has 0 spiro atoms. The minimum atomic E-state index is 0.469. The van der Waals surface area contributed by atoms with Gasteiger partial charge in [0.05, 0.1) is 12.6 Å². The van der Waals surface area contributed by atoms with Crippen LogP contribution in [0.4, 0.5) is 0 Å². The molecule has 0 aliphatic heterocycles. The third-order valence-corrected chi connectivity index (χ3v) is 3.38. The lowest BCUT2D eigenvalue weighted by Gasteiger charge is -2.12. The molecule has 2 fully saturated rings. The summed E-state index contributed by atoms with van der Waals surface area (Å²) in [5, 5.41) is 15.4. The molecule has 1 atom stereocenters. The molecule has 0 saturated heterocycles. The van der Waals surface area contributed by atoms with Gasteiger partial charge in [0.25, 0.3) is 0 Å². The van der Waals surface area contributed by atoms with Gasteiger partial charge >= 0.3 is 0 Å². The first-order valence-electron chi connectivity index (χ1n) is 5.84. The van der Waals surface area contributed by atoms with Crippen LogP contribution in [0.25, 0.3) is 0 Å². The fourth-order valence-electron chi connectivity index (χ4n) is 1.95. The maximum atomic E-state index is 4.09. The van der Waals surface area contributed by atoms with Gasteiger partial charge in [-0.05, 0) is 49.0 Å². The molecule has 3 rings (SSSR count). The largest absolute Gasteiger partial charge is 0.307 e. The van der Waals surface area contributed by atoms with Gasteiger partial charge in [0.15, 0.2) is 5.82 Å². The van der Waals surface area contributed by atoms with Crippen LogP contribution in [0, 0.1) is 5.92 Å². The van der Waals surface area contributed by atoms with Gasteiger partial charge in [-0.3, -0.25) is 0 Å². The number of nitrogens with one attached hydrogen (secondary N) is 1. The molecule has 5 nitrogen and oxygen atoms in total. The number of nitrogens with zero attached hydrogens (tertiary/aromatic N) is 4. The van der Waals surface area contributed by atoms with Crippen molar-refractivity contribution in [1.82, 2.24) is 25.5 Å². The molecule has 1 unspecified atom stereocenters. The molecule has 82 valence electrons. The zero-order valence-corrected chi connectivity index (χ0v) is 9.06. The lowest BCUT2D eigenvalue weighted by Crippen LogP contribution is -2.21. The van der Waals surface area contributed by atoms with E-state index in [0.717, 1.165) is 18.3 Å². The SMILES string of the molecule is CC(C1CC1)n1nnnc1CNC1CC1. The molecule has 1 aromatic heterocycles. The van der Waals surface area contributed by atoms with Crippen LogP contribution in [-0.4, -0.2) is 26.2 Å². The van der Waals surface area contributed by atoms with Crippen LogP contribution in [0.2, 0.25) is 0 Å². The molecule has 1 heterocycles. The van der Waals surface area contributed by atoms with Crippen molar-refractivity contribution < 1.29 is 0 Å². The van der Waals surface area contributed by atoms with E-state index in [1.54, 1.807) is 0 Å². The van der Waals surface area contributed by atoms with Crippen molar-refractivity contribution in [2.45, 2.75) is 51.2 Å². The number of hydrogen-bond donors (Lipinski definition) is 1. The Kier molecular flexibility index (Phi) is 2.20. The summed E-state index contributed by atoms with van der Waals surface area (Å²) < 4.78 is 1.99. The summed E-state index contributed by atoms with van der Waals surface area (Å²) in [5.74, 6) is 1.79. The van der Waals surface area contributed by atoms with Gasteiger partial charge in [-0.15, -0.1) is 5.10 Å². The molecule has 0 radical (unpaired) electrons. The van der Waals surface area contributed by atoms with Gasteiger partial charge in [-0.1, -0.05) is 0 Å². The molecule has 0 amide bonds. The molecule has 0 bridgehead atoms. The van der Waals surface area contributed by atoms with Crippen molar-refractivity contribution in [3.63, 3.8) is 0 Å². The number of hydrogen-bond acceptors (Lipinski definition) is 4. The van der Waals surface area contributed by atoms with Crippen LogP contribution in [-0.2, 0) is 6.54 Å². The van der Waals surface area contributed by atoms with Gasteiger partial charge < -0.3 is 5.32 Å². The molecule has 5 heteroatoms. The predicted octanol–water partition coefficient (Wildman–Crippen LogP) is 0.896. The smallest absolute Gasteiger partial charge is 0.165 e. The first kappa shape index (κ1) is 9.27. The van der Waals surface area contributed by atoms with Gasteiger partial charge in [-0.25, -0.2) is 4.68 Å². The van der Waals surface area contributed by atoms with Gasteiger partial charge in [-0.2, -0.15) is 0 Å². The molecule has 0 aromatic carbocycles. The van der Waals surface area contributed by atoms with E-state index in [-0.39, 0.29) is 0 Å². The molecule has 1 N–H and O–H groups in total. The summed E-state index contributed by atoms with van der Waals surface area (Å²) in [5.41, 5.74) is 0. The Bertz CT molecular complexity index is 339. The minimum Gasteiger partial charge on any atom is -0.307 e. The van der Waals surface area contributed by atoms with Crippen molar-refractivity contribution in [3.05, 3.63) is 5.82 Å². The quantitative estimate of drug-likeness (QED) is 0.779. The zero-order valence-electron chi connectivity index (χ0n) is 9.06. The average Bonchev–Trinajstić information content (AvgIpc) is 3.13. The van der Waals surface area contributed by atoms with E-state index in [0.29, 0.717) is 12.1 Å². The Labute approximate surface area is 89.2 Å². The Morgan fingerprint density at radius 1 is 1.40 bits per heavy atom. The molecular formula is C10H17N5. The van der Waals surface area contributed by atoms with Crippen molar-refractivity contribution >= 4 is 0 Å². The molecule has 1 aromatic rings. The highest BCUT2D eigenvalue weighted by molar-refractivity contribution is 4.91. The van der Waals surface area contributed by atoms with E-state index in [9.17, 15) is 0 Å². The highest BCUT2D eigenvalue weighted by Gasteiger charge is 2.31.